The molecule has 1 saturated heterocycles. The van der Waals surface area contributed by atoms with Gasteiger partial charge in [-0.05, 0) is 70.2 Å². The first kappa shape index (κ1) is 22.3. The third kappa shape index (κ3) is 3.91. The fourth-order valence-corrected chi connectivity index (χ4v) is 4.31. The number of hydrogen-bond acceptors (Lipinski definition) is 4. The van der Waals surface area contributed by atoms with E-state index in [0.717, 1.165) is 33.3 Å². The Morgan fingerprint density at radius 3 is 2.15 bits per heavy atom. The zero-order chi connectivity index (χ0) is 23.9. The van der Waals surface area contributed by atoms with Crippen molar-refractivity contribution in [2.45, 2.75) is 33.7 Å². The number of imide groups is 1. The van der Waals surface area contributed by atoms with Crippen molar-refractivity contribution in [3.05, 3.63) is 77.1 Å². The van der Waals surface area contributed by atoms with Crippen LogP contribution in [0.1, 0.15) is 34.2 Å². The van der Waals surface area contributed by atoms with Crippen LogP contribution in [0, 0.1) is 20.8 Å². The number of carbonyl (C=O) groups is 3. The van der Waals surface area contributed by atoms with Gasteiger partial charge in [-0.25, -0.2) is 4.79 Å². The van der Waals surface area contributed by atoms with Crippen LogP contribution >= 0.6 is 0 Å². The predicted octanol–water partition coefficient (Wildman–Crippen LogP) is 4.45. The number of rotatable bonds is 6. The van der Waals surface area contributed by atoms with Gasteiger partial charge in [-0.15, -0.1) is 0 Å². The van der Waals surface area contributed by atoms with E-state index >= 15 is 0 Å². The minimum absolute atomic E-state index is 0.275. The number of ketones is 1. The number of methoxy groups -OCH3 is 1. The first-order valence-electron chi connectivity index (χ1n) is 10.8. The second-order valence-corrected chi connectivity index (χ2v) is 8.33. The van der Waals surface area contributed by atoms with Crippen LogP contribution in [-0.2, 0) is 4.79 Å². The van der Waals surface area contributed by atoms with Crippen LogP contribution in [0.4, 0.5) is 10.5 Å². The zero-order valence-electron chi connectivity index (χ0n) is 19.5. The molecular formula is C26H27N3O4. The third-order valence-electron chi connectivity index (χ3n) is 6.12. The van der Waals surface area contributed by atoms with Gasteiger partial charge in [0.15, 0.2) is 5.78 Å². The minimum Gasteiger partial charge on any atom is -0.497 e. The number of aryl methyl sites for hydroxylation is 2. The van der Waals surface area contributed by atoms with Crippen LogP contribution in [0.5, 0.6) is 5.75 Å². The Bertz CT molecular complexity index is 1230. The Morgan fingerprint density at radius 1 is 0.939 bits per heavy atom. The SMILES string of the molecule is COc1ccc(-n2c(C)cc(C(=O)CN3C(=O)C(C)N(c4ccc(C)cc4)C3=O)c2C)cc1. The highest BCUT2D eigenvalue weighted by molar-refractivity contribution is 6.16. The first-order valence-corrected chi connectivity index (χ1v) is 10.8. The van der Waals surface area contributed by atoms with E-state index < -0.39 is 12.1 Å². The normalized spacial score (nSPS) is 16.0. The van der Waals surface area contributed by atoms with E-state index in [4.69, 9.17) is 4.74 Å². The summed E-state index contributed by atoms with van der Waals surface area (Å²) in [6.07, 6.45) is 0. The number of carbonyl (C=O) groups excluding carboxylic acids is 3. The number of urea groups is 1. The monoisotopic (exact) mass is 445 g/mol. The van der Waals surface area contributed by atoms with Gasteiger partial charge in [0.2, 0.25) is 0 Å². The molecule has 1 aliphatic rings. The van der Waals surface area contributed by atoms with Crippen LogP contribution in [0.2, 0.25) is 0 Å². The summed E-state index contributed by atoms with van der Waals surface area (Å²) in [5.41, 5.74) is 4.73. The van der Waals surface area contributed by atoms with Crippen LogP contribution in [0.25, 0.3) is 5.69 Å². The number of amides is 3. The van der Waals surface area contributed by atoms with Crippen molar-refractivity contribution in [2.75, 3.05) is 18.6 Å². The molecule has 0 aliphatic carbocycles. The van der Waals surface area contributed by atoms with Crippen LogP contribution in [0.3, 0.4) is 0 Å². The van der Waals surface area contributed by atoms with Crippen molar-refractivity contribution < 1.29 is 19.1 Å². The van der Waals surface area contributed by atoms with E-state index in [1.807, 2.05) is 73.9 Å². The molecule has 0 bridgehead atoms. The van der Waals surface area contributed by atoms with E-state index in [1.165, 1.54) is 4.90 Å². The van der Waals surface area contributed by atoms with Crippen molar-refractivity contribution in [1.82, 2.24) is 9.47 Å². The molecule has 7 nitrogen and oxygen atoms in total. The molecule has 0 N–H and O–H groups in total. The summed E-state index contributed by atoms with van der Waals surface area (Å²) in [7, 11) is 1.61. The molecule has 1 aliphatic heterocycles. The molecule has 0 radical (unpaired) electrons. The van der Waals surface area contributed by atoms with Crippen molar-refractivity contribution >= 4 is 23.4 Å². The molecule has 0 spiro atoms. The summed E-state index contributed by atoms with van der Waals surface area (Å²) >= 11 is 0. The second kappa shape index (κ2) is 8.58. The van der Waals surface area contributed by atoms with E-state index in [0.29, 0.717) is 11.3 Å². The quantitative estimate of drug-likeness (QED) is 0.415. The summed E-state index contributed by atoms with van der Waals surface area (Å²) in [5, 5.41) is 0. The van der Waals surface area contributed by atoms with E-state index in [1.54, 1.807) is 20.1 Å². The molecule has 1 aromatic heterocycles. The largest absolute Gasteiger partial charge is 0.497 e. The molecule has 2 heterocycles. The van der Waals surface area contributed by atoms with Crippen LogP contribution in [0.15, 0.2) is 54.6 Å². The molecule has 2 aromatic carbocycles. The molecule has 1 atom stereocenters. The standard InChI is InChI=1S/C26H27N3O4/c1-16-6-8-21(9-7-16)29-19(4)25(31)27(26(29)32)15-24(30)23-14-17(2)28(18(23)3)20-10-12-22(33-5)13-11-20/h6-14,19H,15H2,1-5H3. The highest BCUT2D eigenvalue weighted by Crippen LogP contribution is 2.28. The fourth-order valence-electron chi connectivity index (χ4n) is 4.31. The van der Waals surface area contributed by atoms with Gasteiger partial charge in [0.1, 0.15) is 11.8 Å². The van der Waals surface area contributed by atoms with Gasteiger partial charge in [-0.2, -0.15) is 0 Å². The van der Waals surface area contributed by atoms with E-state index in [9.17, 15) is 14.4 Å². The number of benzene rings is 2. The van der Waals surface area contributed by atoms with Crippen LogP contribution < -0.4 is 9.64 Å². The van der Waals surface area contributed by atoms with Crippen molar-refractivity contribution in [3.8, 4) is 11.4 Å². The molecule has 7 heteroatoms. The highest BCUT2D eigenvalue weighted by atomic mass is 16.5. The number of ether oxygens (including phenoxy) is 1. The summed E-state index contributed by atoms with van der Waals surface area (Å²) < 4.78 is 7.20. The summed E-state index contributed by atoms with van der Waals surface area (Å²) in [6, 6.07) is 15.6. The lowest BCUT2D eigenvalue weighted by atomic mass is 10.1. The van der Waals surface area contributed by atoms with Crippen molar-refractivity contribution in [1.29, 1.82) is 0 Å². The molecule has 3 aromatic rings. The zero-order valence-corrected chi connectivity index (χ0v) is 19.5. The molecule has 0 saturated carbocycles. The average molecular weight is 446 g/mol. The Balaban J connectivity index is 1.58. The van der Waals surface area contributed by atoms with Gasteiger partial charge in [0.05, 0.1) is 13.7 Å². The van der Waals surface area contributed by atoms with Gasteiger partial charge >= 0.3 is 6.03 Å². The lowest BCUT2D eigenvalue weighted by Gasteiger charge is -2.19. The van der Waals surface area contributed by atoms with Gasteiger partial charge in [0.25, 0.3) is 5.91 Å². The van der Waals surface area contributed by atoms with Gasteiger partial charge < -0.3 is 9.30 Å². The number of Topliss-reactive ketones (excluding diaryl/α,β-unsaturated/α-hetero) is 1. The Hall–Kier alpha value is -3.87. The van der Waals surface area contributed by atoms with E-state index in [-0.39, 0.29) is 18.2 Å². The number of hydrogen-bond donors (Lipinski definition) is 0. The highest BCUT2D eigenvalue weighted by Gasteiger charge is 2.44. The molecule has 4 rings (SSSR count). The smallest absolute Gasteiger partial charge is 0.332 e. The molecule has 1 unspecified atom stereocenters. The second-order valence-electron chi connectivity index (χ2n) is 8.33. The molecule has 170 valence electrons. The number of nitrogens with zero attached hydrogens (tertiary/aromatic N) is 3. The maximum Gasteiger partial charge on any atom is 0.332 e. The van der Waals surface area contributed by atoms with Crippen molar-refractivity contribution in [3.63, 3.8) is 0 Å². The summed E-state index contributed by atoms with van der Waals surface area (Å²) in [6.45, 7) is 7.12. The summed E-state index contributed by atoms with van der Waals surface area (Å²) in [5.74, 6) is 0.0937. The topological polar surface area (TPSA) is 71.8 Å². The maximum absolute atomic E-state index is 13.2. The first-order chi connectivity index (χ1) is 15.7. The Labute approximate surface area is 193 Å². The predicted molar refractivity (Wildman–Crippen MR) is 126 cm³/mol. The molecular weight excluding hydrogens is 418 g/mol. The summed E-state index contributed by atoms with van der Waals surface area (Å²) in [4.78, 5) is 41.6. The maximum atomic E-state index is 13.2. The lowest BCUT2D eigenvalue weighted by Crippen LogP contribution is -2.37. The Kier molecular flexibility index (Phi) is 5.80. The van der Waals surface area contributed by atoms with Crippen LogP contribution in [-0.4, -0.2) is 46.9 Å². The van der Waals surface area contributed by atoms with E-state index in [2.05, 4.69) is 0 Å². The third-order valence-corrected chi connectivity index (χ3v) is 6.12. The molecule has 3 amide bonds. The average Bonchev–Trinajstić information content (AvgIpc) is 3.22. The fraction of sp³-hybridized carbons (Fsp3) is 0.269. The van der Waals surface area contributed by atoms with Gasteiger partial charge in [-0.3, -0.25) is 19.4 Å². The number of aromatic nitrogens is 1. The van der Waals surface area contributed by atoms with Gasteiger partial charge in [-0.1, -0.05) is 17.7 Å². The molecule has 1 fully saturated rings. The number of anilines is 1. The minimum atomic E-state index is -0.667. The van der Waals surface area contributed by atoms with Crippen molar-refractivity contribution in [2.24, 2.45) is 0 Å². The van der Waals surface area contributed by atoms with Gasteiger partial charge in [0, 0.05) is 28.3 Å². The molecule has 33 heavy (non-hydrogen) atoms. The Morgan fingerprint density at radius 2 is 1.55 bits per heavy atom. The lowest BCUT2D eigenvalue weighted by molar-refractivity contribution is -0.126.